The molecule has 1 rings (SSSR count). The first-order valence-corrected chi connectivity index (χ1v) is 6.10. The molecule has 0 saturated carbocycles. The average Bonchev–Trinajstić information content (AvgIpc) is 2.04. The third-order valence-corrected chi connectivity index (χ3v) is 5.16. The van der Waals surface area contributed by atoms with E-state index in [9.17, 15) is 0 Å². The van der Waals surface area contributed by atoms with E-state index >= 15 is 0 Å². The highest BCUT2D eigenvalue weighted by atomic mass is 31.1. The Balaban J connectivity index is 2.40. The van der Waals surface area contributed by atoms with Gasteiger partial charge in [0.1, 0.15) is 0 Å². The summed E-state index contributed by atoms with van der Waals surface area (Å²) in [6.45, 7) is 11.2. The summed E-state index contributed by atoms with van der Waals surface area (Å²) in [5, 5.41) is 0. The fraction of sp³-hybridized carbons (Fsp3) is 1.00. The molecule has 0 aromatic rings. The molecule has 2 heteroatoms. The summed E-state index contributed by atoms with van der Waals surface area (Å²) in [6, 6.07) is 0. The van der Waals surface area contributed by atoms with Gasteiger partial charge in [0.25, 0.3) is 0 Å². The van der Waals surface area contributed by atoms with Crippen molar-refractivity contribution in [3.63, 3.8) is 0 Å². The number of ether oxygens (including phenoxy) is 1. The summed E-state index contributed by atoms with van der Waals surface area (Å²) in [5.41, 5.74) is 1.65. The van der Waals surface area contributed by atoms with Crippen LogP contribution in [0.5, 0.6) is 0 Å². The van der Waals surface area contributed by atoms with Crippen molar-refractivity contribution in [3.8, 4) is 0 Å². The van der Waals surface area contributed by atoms with Gasteiger partial charge in [0.2, 0.25) is 0 Å². The Labute approximate surface area is 78.0 Å². The smallest absolute Gasteiger partial charge is 0.0534 e. The van der Waals surface area contributed by atoms with Crippen LogP contribution in [0.25, 0.3) is 0 Å². The van der Waals surface area contributed by atoms with Gasteiger partial charge in [-0.25, -0.2) is 0 Å². The lowest BCUT2D eigenvalue weighted by Crippen LogP contribution is -2.32. The van der Waals surface area contributed by atoms with Crippen molar-refractivity contribution in [3.05, 3.63) is 0 Å². The molecule has 0 spiro atoms. The van der Waals surface area contributed by atoms with E-state index in [-0.39, 0.29) is 0 Å². The first kappa shape index (κ1) is 10.5. The lowest BCUT2D eigenvalue weighted by molar-refractivity contribution is 0.107. The van der Waals surface area contributed by atoms with Crippen molar-refractivity contribution >= 4 is 8.58 Å². The van der Waals surface area contributed by atoms with E-state index in [1.807, 2.05) is 0 Å². The summed E-state index contributed by atoms with van der Waals surface area (Å²) in [4.78, 5) is 0. The summed E-state index contributed by atoms with van der Waals surface area (Å²) in [6.07, 6.45) is 0. The molecule has 72 valence electrons. The van der Waals surface area contributed by atoms with Gasteiger partial charge in [0.15, 0.2) is 0 Å². The highest BCUT2D eigenvalue weighted by Crippen LogP contribution is 2.38. The predicted molar refractivity (Wildman–Crippen MR) is 56.4 cm³/mol. The maximum absolute atomic E-state index is 5.62. The molecule has 0 radical (unpaired) electrons. The van der Waals surface area contributed by atoms with Crippen LogP contribution < -0.4 is 0 Å². The maximum atomic E-state index is 5.62. The van der Waals surface area contributed by atoms with Crippen LogP contribution in [-0.4, -0.2) is 24.5 Å². The van der Waals surface area contributed by atoms with Gasteiger partial charge in [-0.2, -0.15) is 0 Å². The Morgan fingerprint density at radius 1 is 1.00 bits per heavy atom. The Hall–Kier alpha value is 0.390. The molecule has 0 bridgehead atoms. The van der Waals surface area contributed by atoms with E-state index in [0.717, 1.165) is 44.9 Å². The second-order valence-corrected chi connectivity index (χ2v) is 6.22. The fourth-order valence-electron chi connectivity index (χ4n) is 1.46. The van der Waals surface area contributed by atoms with E-state index in [0.29, 0.717) is 0 Å². The largest absolute Gasteiger partial charge is 0.380 e. The molecule has 1 heterocycles. The molecule has 1 fully saturated rings. The van der Waals surface area contributed by atoms with Crippen LogP contribution >= 0.6 is 8.58 Å². The van der Waals surface area contributed by atoms with Crippen LogP contribution in [-0.2, 0) is 4.74 Å². The molecular formula is C10H21OP. The van der Waals surface area contributed by atoms with E-state index in [1.54, 1.807) is 0 Å². The van der Waals surface area contributed by atoms with Gasteiger partial charge in [-0.15, -0.1) is 8.58 Å². The summed E-state index contributed by atoms with van der Waals surface area (Å²) in [7, 11) is 1.12. The number of rotatable bonds is 2. The molecule has 1 saturated heterocycles. The number of hydrogen-bond acceptors (Lipinski definition) is 1. The third kappa shape index (κ3) is 2.71. The van der Waals surface area contributed by atoms with E-state index in [1.165, 1.54) is 0 Å². The molecular weight excluding hydrogens is 167 g/mol. The van der Waals surface area contributed by atoms with Gasteiger partial charge in [-0.3, -0.25) is 0 Å². The molecule has 1 nitrogen and oxygen atoms in total. The van der Waals surface area contributed by atoms with Crippen LogP contribution in [0.2, 0.25) is 0 Å². The zero-order chi connectivity index (χ0) is 9.14. The summed E-state index contributed by atoms with van der Waals surface area (Å²) < 4.78 is 5.62. The lowest BCUT2D eigenvalue weighted by Gasteiger charge is -2.33. The topological polar surface area (TPSA) is 9.23 Å². The van der Waals surface area contributed by atoms with Gasteiger partial charge in [0.05, 0.1) is 13.2 Å². The van der Waals surface area contributed by atoms with Crippen molar-refractivity contribution in [2.75, 3.05) is 13.2 Å². The quantitative estimate of drug-likeness (QED) is 0.605. The average molecular weight is 188 g/mol. The molecule has 12 heavy (non-hydrogen) atoms. The molecule has 0 amide bonds. The Kier molecular flexibility index (Phi) is 3.99. The van der Waals surface area contributed by atoms with E-state index in [2.05, 4.69) is 27.7 Å². The molecule has 1 aliphatic heterocycles. The van der Waals surface area contributed by atoms with Crippen LogP contribution in [0.15, 0.2) is 0 Å². The van der Waals surface area contributed by atoms with Crippen molar-refractivity contribution in [1.82, 2.24) is 0 Å². The van der Waals surface area contributed by atoms with Crippen LogP contribution in [0.3, 0.4) is 0 Å². The molecule has 0 N–H and O–H groups in total. The molecule has 2 unspecified atom stereocenters. The van der Waals surface area contributed by atoms with Gasteiger partial charge in [-0.05, 0) is 11.8 Å². The molecule has 0 aromatic heterocycles. The third-order valence-electron chi connectivity index (χ3n) is 2.63. The number of hydrogen-bond donors (Lipinski definition) is 0. The summed E-state index contributed by atoms with van der Waals surface area (Å²) >= 11 is 0. The SMILES string of the molecule is CC(C)C1COCC(C(C)C)P1. The molecule has 0 aromatic carbocycles. The predicted octanol–water partition coefficient (Wildman–Crippen LogP) is 2.74. The van der Waals surface area contributed by atoms with Crippen LogP contribution in [0, 0.1) is 11.8 Å². The van der Waals surface area contributed by atoms with Crippen molar-refractivity contribution in [2.24, 2.45) is 11.8 Å². The zero-order valence-electron chi connectivity index (χ0n) is 8.63. The fourth-order valence-corrected chi connectivity index (χ4v) is 3.21. The van der Waals surface area contributed by atoms with Gasteiger partial charge >= 0.3 is 0 Å². The highest BCUT2D eigenvalue weighted by molar-refractivity contribution is 7.40. The monoisotopic (exact) mass is 188 g/mol. The van der Waals surface area contributed by atoms with Gasteiger partial charge in [-0.1, -0.05) is 27.7 Å². The molecule has 0 aliphatic carbocycles. The first-order chi connectivity index (χ1) is 5.61. The van der Waals surface area contributed by atoms with Gasteiger partial charge < -0.3 is 4.74 Å². The highest BCUT2D eigenvalue weighted by Gasteiger charge is 2.26. The van der Waals surface area contributed by atoms with E-state index < -0.39 is 0 Å². The van der Waals surface area contributed by atoms with Crippen molar-refractivity contribution < 1.29 is 4.74 Å². The van der Waals surface area contributed by atoms with Crippen LogP contribution in [0.1, 0.15) is 27.7 Å². The summed E-state index contributed by atoms with van der Waals surface area (Å²) in [5.74, 6) is 1.59. The van der Waals surface area contributed by atoms with Crippen LogP contribution in [0.4, 0.5) is 0 Å². The van der Waals surface area contributed by atoms with Crippen molar-refractivity contribution in [1.29, 1.82) is 0 Å². The zero-order valence-corrected chi connectivity index (χ0v) is 9.63. The lowest BCUT2D eigenvalue weighted by atomic mass is 10.1. The standard InChI is InChI=1S/C10H21OP/c1-7(2)9-5-11-6-10(12-9)8(3)4/h7-10,12H,5-6H2,1-4H3. The second-order valence-electron chi connectivity index (χ2n) is 4.41. The molecule has 2 atom stereocenters. The minimum atomic E-state index is 0.796. The normalized spacial score (nSPS) is 33.5. The van der Waals surface area contributed by atoms with E-state index in [4.69, 9.17) is 4.74 Å². The minimum absolute atomic E-state index is 0.796. The Morgan fingerprint density at radius 3 is 1.75 bits per heavy atom. The van der Waals surface area contributed by atoms with Gasteiger partial charge in [0, 0.05) is 11.3 Å². The van der Waals surface area contributed by atoms with Crippen molar-refractivity contribution in [2.45, 2.75) is 39.0 Å². The molecule has 1 aliphatic rings. The maximum Gasteiger partial charge on any atom is 0.0534 e. The Morgan fingerprint density at radius 2 is 1.42 bits per heavy atom. The second kappa shape index (κ2) is 4.58. The minimum Gasteiger partial charge on any atom is -0.380 e. The first-order valence-electron chi connectivity index (χ1n) is 4.95. The Bertz CT molecular complexity index is 120.